The summed E-state index contributed by atoms with van der Waals surface area (Å²) in [5.74, 6) is 0.765. The lowest BCUT2D eigenvalue weighted by molar-refractivity contribution is 0.0953. The molecule has 4 heteroatoms. The maximum Gasteiger partial charge on any atom is 0.251 e. The van der Waals surface area contributed by atoms with Gasteiger partial charge in [0, 0.05) is 18.7 Å². The molecule has 1 amide bonds. The third-order valence-electron chi connectivity index (χ3n) is 3.25. The SMILES string of the molecule is CCCCOc1ccc(C(=O)NCCCCCCO)cc1. The zero-order chi connectivity index (χ0) is 15.3. The molecule has 21 heavy (non-hydrogen) atoms. The molecule has 0 heterocycles. The minimum atomic E-state index is -0.0442. The lowest BCUT2D eigenvalue weighted by Crippen LogP contribution is -2.24. The van der Waals surface area contributed by atoms with Crippen molar-refractivity contribution in [2.24, 2.45) is 0 Å². The van der Waals surface area contributed by atoms with E-state index in [4.69, 9.17) is 9.84 Å². The monoisotopic (exact) mass is 293 g/mol. The van der Waals surface area contributed by atoms with Crippen LogP contribution >= 0.6 is 0 Å². The quantitative estimate of drug-likeness (QED) is 0.616. The second kappa shape index (κ2) is 11.1. The highest BCUT2D eigenvalue weighted by atomic mass is 16.5. The summed E-state index contributed by atoms with van der Waals surface area (Å²) in [6, 6.07) is 7.27. The molecule has 0 fully saturated rings. The van der Waals surface area contributed by atoms with Crippen molar-refractivity contribution in [3.63, 3.8) is 0 Å². The van der Waals surface area contributed by atoms with Crippen molar-refractivity contribution < 1.29 is 14.6 Å². The zero-order valence-electron chi connectivity index (χ0n) is 12.9. The Hall–Kier alpha value is -1.55. The van der Waals surface area contributed by atoms with Crippen molar-refractivity contribution in [3.05, 3.63) is 29.8 Å². The van der Waals surface area contributed by atoms with Gasteiger partial charge in [-0.2, -0.15) is 0 Å². The summed E-state index contributed by atoms with van der Waals surface area (Å²) in [7, 11) is 0. The lowest BCUT2D eigenvalue weighted by Gasteiger charge is -2.07. The van der Waals surface area contributed by atoms with Crippen molar-refractivity contribution in [1.29, 1.82) is 0 Å². The number of nitrogens with one attached hydrogen (secondary N) is 1. The first kappa shape index (κ1) is 17.5. The van der Waals surface area contributed by atoms with Gasteiger partial charge in [-0.05, 0) is 43.5 Å². The highest BCUT2D eigenvalue weighted by molar-refractivity contribution is 5.94. The third kappa shape index (κ3) is 7.71. The van der Waals surface area contributed by atoms with Gasteiger partial charge in [0.25, 0.3) is 5.91 Å². The number of aliphatic hydroxyl groups excluding tert-OH is 1. The van der Waals surface area contributed by atoms with Gasteiger partial charge in [-0.15, -0.1) is 0 Å². The van der Waals surface area contributed by atoms with Crippen LogP contribution in [0.5, 0.6) is 5.75 Å². The molecule has 0 bridgehead atoms. The van der Waals surface area contributed by atoms with Crippen molar-refractivity contribution in [2.75, 3.05) is 19.8 Å². The summed E-state index contributed by atoms with van der Waals surface area (Å²) >= 11 is 0. The number of amides is 1. The standard InChI is InChI=1S/C17H27NO3/c1-2-3-14-21-16-10-8-15(9-11-16)17(20)18-12-6-4-5-7-13-19/h8-11,19H,2-7,12-14H2,1H3,(H,18,20). The summed E-state index contributed by atoms with van der Waals surface area (Å²) < 4.78 is 5.57. The van der Waals surface area contributed by atoms with Gasteiger partial charge in [0.05, 0.1) is 6.61 Å². The van der Waals surface area contributed by atoms with E-state index in [-0.39, 0.29) is 12.5 Å². The van der Waals surface area contributed by atoms with E-state index in [9.17, 15) is 4.79 Å². The first-order valence-corrected chi connectivity index (χ1v) is 7.90. The van der Waals surface area contributed by atoms with Crippen molar-refractivity contribution in [2.45, 2.75) is 45.4 Å². The molecule has 1 rings (SSSR count). The molecule has 0 aliphatic carbocycles. The summed E-state index contributed by atoms with van der Waals surface area (Å²) in [6.07, 6.45) is 5.98. The van der Waals surface area contributed by atoms with Gasteiger partial charge >= 0.3 is 0 Å². The van der Waals surface area contributed by atoms with Crippen molar-refractivity contribution in [3.8, 4) is 5.75 Å². The molecule has 118 valence electrons. The molecule has 0 aliphatic rings. The lowest BCUT2D eigenvalue weighted by atomic mass is 10.2. The fourth-order valence-corrected chi connectivity index (χ4v) is 1.93. The topological polar surface area (TPSA) is 58.6 Å². The smallest absolute Gasteiger partial charge is 0.251 e. The Balaban J connectivity index is 2.24. The maximum absolute atomic E-state index is 11.9. The number of ether oxygens (including phenoxy) is 1. The minimum absolute atomic E-state index is 0.0442. The Morgan fingerprint density at radius 2 is 1.81 bits per heavy atom. The van der Waals surface area contributed by atoms with Crippen LogP contribution in [-0.2, 0) is 0 Å². The average Bonchev–Trinajstić information content (AvgIpc) is 2.51. The summed E-state index contributed by atoms with van der Waals surface area (Å²) in [4.78, 5) is 11.9. The number of unbranched alkanes of at least 4 members (excludes halogenated alkanes) is 4. The van der Waals surface area contributed by atoms with Gasteiger partial charge in [0.2, 0.25) is 0 Å². The van der Waals surface area contributed by atoms with Gasteiger partial charge < -0.3 is 15.2 Å². The summed E-state index contributed by atoms with van der Waals surface area (Å²) in [6.45, 7) is 3.77. The normalized spacial score (nSPS) is 10.4. The van der Waals surface area contributed by atoms with Crippen molar-refractivity contribution >= 4 is 5.91 Å². The second-order valence-corrected chi connectivity index (χ2v) is 5.12. The van der Waals surface area contributed by atoms with Gasteiger partial charge in [-0.25, -0.2) is 0 Å². The van der Waals surface area contributed by atoms with Gasteiger partial charge in [0.15, 0.2) is 0 Å². The molecule has 4 nitrogen and oxygen atoms in total. The van der Waals surface area contributed by atoms with Crippen molar-refractivity contribution in [1.82, 2.24) is 5.32 Å². The van der Waals surface area contributed by atoms with Gasteiger partial charge in [-0.1, -0.05) is 26.2 Å². The zero-order valence-corrected chi connectivity index (χ0v) is 12.9. The molecule has 0 aromatic heterocycles. The van der Waals surface area contributed by atoms with Crippen LogP contribution in [0.4, 0.5) is 0 Å². The highest BCUT2D eigenvalue weighted by Crippen LogP contribution is 2.12. The first-order valence-electron chi connectivity index (χ1n) is 7.90. The van der Waals surface area contributed by atoms with Crippen LogP contribution in [0.1, 0.15) is 55.8 Å². The average molecular weight is 293 g/mol. The number of aliphatic hydroxyl groups is 1. The van der Waals surface area contributed by atoms with Crippen LogP contribution in [0, 0.1) is 0 Å². The van der Waals surface area contributed by atoms with E-state index in [1.165, 1.54) is 0 Å². The van der Waals surface area contributed by atoms with Crippen LogP contribution in [0.25, 0.3) is 0 Å². The first-order chi connectivity index (χ1) is 10.3. The predicted octanol–water partition coefficient (Wildman–Crippen LogP) is 3.15. The highest BCUT2D eigenvalue weighted by Gasteiger charge is 2.04. The Kier molecular flexibility index (Phi) is 9.29. The van der Waals surface area contributed by atoms with E-state index in [2.05, 4.69) is 12.2 Å². The number of benzene rings is 1. The Morgan fingerprint density at radius 1 is 1.10 bits per heavy atom. The number of hydrogen-bond acceptors (Lipinski definition) is 3. The Bertz CT molecular complexity index is 390. The largest absolute Gasteiger partial charge is 0.494 e. The third-order valence-corrected chi connectivity index (χ3v) is 3.25. The maximum atomic E-state index is 11.9. The fourth-order valence-electron chi connectivity index (χ4n) is 1.93. The number of hydrogen-bond donors (Lipinski definition) is 2. The molecule has 0 radical (unpaired) electrons. The van der Waals surface area contributed by atoms with E-state index in [0.717, 1.165) is 50.9 Å². The molecule has 0 spiro atoms. The molecule has 0 saturated carbocycles. The summed E-state index contributed by atoms with van der Waals surface area (Å²) in [5.41, 5.74) is 0.660. The Labute approximate surface area is 127 Å². The fraction of sp³-hybridized carbons (Fsp3) is 0.588. The molecule has 2 N–H and O–H groups in total. The molecule has 0 atom stereocenters. The molecule has 0 saturated heterocycles. The van der Waals surface area contributed by atoms with E-state index < -0.39 is 0 Å². The predicted molar refractivity (Wildman–Crippen MR) is 84.7 cm³/mol. The molecule has 1 aromatic rings. The van der Waals surface area contributed by atoms with Crippen LogP contribution in [0.3, 0.4) is 0 Å². The van der Waals surface area contributed by atoms with Gasteiger partial charge in [0.1, 0.15) is 5.75 Å². The molecule has 1 aromatic carbocycles. The van der Waals surface area contributed by atoms with Crippen LogP contribution in [0.2, 0.25) is 0 Å². The van der Waals surface area contributed by atoms with E-state index in [1.54, 1.807) is 12.1 Å². The minimum Gasteiger partial charge on any atom is -0.494 e. The second-order valence-electron chi connectivity index (χ2n) is 5.12. The molecular formula is C17H27NO3. The Morgan fingerprint density at radius 3 is 2.48 bits per heavy atom. The molecular weight excluding hydrogens is 266 g/mol. The van der Waals surface area contributed by atoms with Gasteiger partial charge in [-0.3, -0.25) is 4.79 Å². The molecule has 0 unspecified atom stereocenters. The number of carbonyl (C=O) groups is 1. The van der Waals surface area contributed by atoms with E-state index >= 15 is 0 Å². The number of carbonyl (C=O) groups excluding carboxylic acids is 1. The van der Waals surface area contributed by atoms with Crippen LogP contribution < -0.4 is 10.1 Å². The van der Waals surface area contributed by atoms with Crippen LogP contribution in [-0.4, -0.2) is 30.8 Å². The van der Waals surface area contributed by atoms with E-state index in [0.29, 0.717) is 12.1 Å². The van der Waals surface area contributed by atoms with Crippen LogP contribution in [0.15, 0.2) is 24.3 Å². The number of rotatable bonds is 11. The summed E-state index contributed by atoms with van der Waals surface area (Å²) in [5, 5.41) is 11.6. The van der Waals surface area contributed by atoms with E-state index in [1.807, 2.05) is 12.1 Å². The molecule has 0 aliphatic heterocycles.